The molecular formula is C34H43ClN2O7S2. The Balaban J connectivity index is 1.47. The van der Waals surface area contributed by atoms with Gasteiger partial charge in [-0.05, 0) is 105 Å². The minimum atomic E-state index is -4.05. The van der Waals surface area contributed by atoms with Crippen LogP contribution >= 0.6 is 11.6 Å². The van der Waals surface area contributed by atoms with Gasteiger partial charge in [0.15, 0.2) is 9.84 Å². The van der Waals surface area contributed by atoms with E-state index in [4.69, 9.17) is 16.3 Å². The van der Waals surface area contributed by atoms with Crippen molar-refractivity contribution >= 4 is 43.1 Å². The molecule has 6 rings (SSSR count). The SMILES string of the molecule is C[C@@H]1[C@@H](C)C/C=C\[C@@](O)(CS(C)(=O)=O)[C@@H]2CC[C@H]2CN2C[C@@]3(CCCc4cc(Cl)ccc43)COc3ccc(cc32)C(=O)NS1(=O)=O. The average Bonchev–Trinajstić information content (AvgIpc) is 3.09. The van der Waals surface area contributed by atoms with E-state index in [0.29, 0.717) is 42.6 Å². The molecule has 2 aliphatic heterocycles. The standard InChI is InChI=1S/C34H43ClN2O7S2/c1-22-6-4-15-34(39,21-45(3,40)41)29-11-8-26(29)18-37-19-33(14-5-7-24-16-27(35)10-12-28(24)33)20-44-31-13-9-25(17-30(31)37)32(38)36-46(42,43)23(22)2/h4,9-10,12-13,15-17,22-23,26,29,39H,5-8,11,14,18-21H2,1-3H3,(H,36,38)/b15-4-/t22-,23+,26-,29+,33-,34+/m0/s1. The van der Waals surface area contributed by atoms with E-state index in [1.165, 1.54) is 11.1 Å². The van der Waals surface area contributed by atoms with Crippen molar-refractivity contribution in [3.63, 3.8) is 0 Å². The Bertz CT molecular complexity index is 1780. The van der Waals surface area contributed by atoms with Crippen LogP contribution in [0.1, 0.15) is 67.4 Å². The summed E-state index contributed by atoms with van der Waals surface area (Å²) in [6, 6.07) is 11.0. The Kier molecular flexibility index (Phi) is 8.78. The molecule has 2 aromatic carbocycles. The zero-order valence-corrected chi connectivity index (χ0v) is 28.9. The van der Waals surface area contributed by atoms with Gasteiger partial charge in [0.05, 0.1) is 28.9 Å². The van der Waals surface area contributed by atoms with E-state index in [-0.39, 0.29) is 29.2 Å². The molecule has 1 fully saturated rings. The lowest BCUT2D eigenvalue weighted by atomic mass is 9.64. The average molecular weight is 691 g/mol. The van der Waals surface area contributed by atoms with Crippen LogP contribution in [0.5, 0.6) is 5.75 Å². The summed E-state index contributed by atoms with van der Waals surface area (Å²) in [5.74, 6) is -1.30. The summed E-state index contributed by atoms with van der Waals surface area (Å²) in [7, 11) is -7.61. The van der Waals surface area contributed by atoms with Crippen molar-refractivity contribution in [3.05, 3.63) is 70.3 Å². The molecule has 1 saturated carbocycles. The van der Waals surface area contributed by atoms with Gasteiger partial charge in [-0.1, -0.05) is 36.7 Å². The van der Waals surface area contributed by atoms with Crippen LogP contribution in [-0.2, 0) is 31.7 Å². The van der Waals surface area contributed by atoms with E-state index in [9.17, 15) is 26.7 Å². The van der Waals surface area contributed by atoms with Gasteiger partial charge < -0.3 is 14.7 Å². The van der Waals surface area contributed by atoms with Crippen molar-refractivity contribution in [1.82, 2.24) is 4.72 Å². The number of nitrogens with zero attached hydrogens (tertiary/aromatic N) is 1. The lowest BCUT2D eigenvalue weighted by molar-refractivity contribution is -0.0288. The third-order valence-electron chi connectivity index (χ3n) is 10.7. The summed E-state index contributed by atoms with van der Waals surface area (Å²) in [6.07, 6.45) is 8.90. The molecule has 0 aromatic heterocycles. The monoisotopic (exact) mass is 690 g/mol. The fraction of sp³-hybridized carbons (Fsp3) is 0.559. The number of hydrogen-bond donors (Lipinski definition) is 2. The van der Waals surface area contributed by atoms with E-state index in [0.717, 1.165) is 31.9 Å². The van der Waals surface area contributed by atoms with Crippen LogP contribution in [-0.4, -0.2) is 70.4 Å². The quantitative estimate of drug-likeness (QED) is 0.436. The predicted octanol–water partition coefficient (Wildman–Crippen LogP) is 4.66. The maximum absolute atomic E-state index is 13.4. The number of hydrogen-bond acceptors (Lipinski definition) is 8. The summed E-state index contributed by atoms with van der Waals surface area (Å²) in [5.41, 5.74) is 1.25. The highest BCUT2D eigenvalue weighted by Gasteiger charge is 2.49. The summed E-state index contributed by atoms with van der Waals surface area (Å²) < 4.78 is 60.6. The lowest BCUT2D eigenvalue weighted by Gasteiger charge is -2.49. The number of carbonyl (C=O) groups is 1. The van der Waals surface area contributed by atoms with Crippen LogP contribution in [0.2, 0.25) is 5.02 Å². The van der Waals surface area contributed by atoms with Crippen LogP contribution in [0.15, 0.2) is 48.6 Å². The molecule has 2 N–H and O–H groups in total. The predicted molar refractivity (Wildman–Crippen MR) is 180 cm³/mol. The first kappa shape index (κ1) is 33.3. The third kappa shape index (κ3) is 6.44. The molecule has 2 bridgehead atoms. The second-order valence-corrected chi connectivity index (χ2v) is 18.7. The van der Waals surface area contributed by atoms with Gasteiger partial charge in [-0.3, -0.25) is 4.79 Å². The van der Waals surface area contributed by atoms with Gasteiger partial charge in [0.25, 0.3) is 5.91 Å². The van der Waals surface area contributed by atoms with Crippen LogP contribution in [0.3, 0.4) is 0 Å². The van der Waals surface area contributed by atoms with Gasteiger partial charge in [-0.15, -0.1) is 0 Å². The number of aliphatic hydroxyl groups is 1. The minimum Gasteiger partial charge on any atom is -0.490 e. The van der Waals surface area contributed by atoms with Gasteiger partial charge in [0, 0.05) is 35.3 Å². The molecule has 46 heavy (non-hydrogen) atoms. The van der Waals surface area contributed by atoms with Gasteiger partial charge in [-0.2, -0.15) is 0 Å². The molecule has 2 aromatic rings. The Morgan fingerprint density at radius 2 is 1.93 bits per heavy atom. The van der Waals surface area contributed by atoms with E-state index in [2.05, 4.69) is 15.7 Å². The summed E-state index contributed by atoms with van der Waals surface area (Å²) in [6.45, 7) is 4.78. The molecule has 250 valence electrons. The van der Waals surface area contributed by atoms with Crippen molar-refractivity contribution in [2.24, 2.45) is 17.8 Å². The first-order chi connectivity index (χ1) is 21.6. The molecule has 0 unspecified atom stereocenters. The molecule has 9 nitrogen and oxygen atoms in total. The molecular weight excluding hydrogens is 648 g/mol. The second-order valence-electron chi connectivity index (χ2n) is 14.1. The molecule has 2 aliphatic carbocycles. The number of aryl methyl sites for hydroxylation is 1. The van der Waals surface area contributed by atoms with Crippen molar-refractivity contribution in [1.29, 1.82) is 0 Å². The number of fused-ring (bicyclic) bond motifs is 4. The maximum atomic E-state index is 13.4. The van der Waals surface area contributed by atoms with E-state index < -0.39 is 48.3 Å². The maximum Gasteiger partial charge on any atom is 0.264 e. The molecule has 2 heterocycles. The fourth-order valence-corrected chi connectivity index (χ4v) is 10.6. The molecule has 1 spiro atoms. The Hall–Kier alpha value is -2.60. The molecule has 12 heteroatoms. The van der Waals surface area contributed by atoms with Crippen LogP contribution in [0, 0.1) is 17.8 Å². The topological polar surface area (TPSA) is 130 Å². The number of sulfonamides is 1. The highest BCUT2D eigenvalue weighted by atomic mass is 35.5. The number of carbonyl (C=O) groups excluding carboxylic acids is 1. The summed E-state index contributed by atoms with van der Waals surface area (Å²) >= 11 is 6.39. The first-order valence-corrected chi connectivity index (χ1v) is 20.0. The van der Waals surface area contributed by atoms with Crippen molar-refractivity contribution in [2.45, 2.75) is 68.6 Å². The van der Waals surface area contributed by atoms with Gasteiger partial charge in [0.2, 0.25) is 10.0 Å². The molecule has 0 saturated heterocycles. The van der Waals surface area contributed by atoms with Crippen LogP contribution in [0.25, 0.3) is 0 Å². The lowest BCUT2D eigenvalue weighted by Crippen LogP contribution is -2.54. The van der Waals surface area contributed by atoms with Crippen LogP contribution < -0.4 is 14.4 Å². The second kappa shape index (κ2) is 12.1. The number of sulfone groups is 1. The van der Waals surface area contributed by atoms with Crippen molar-refractivity contribution < 1.29 is 31.5 Å². The zero-order valence-electron chi connectivity index (χ0n) is 26.5. The van der Waals surface area contributed by atoms with Crippen molar-refractivity contribution in [2.75, 3.05) is 36.6 Å². The number of halogens is 1. The number of allylic oxidation sites excluding steroid dienone is 1. The van der Waals surface area contributed by atoms with E-state index >= 15 is 0 Å². The number of ether oxygens (including phenoxy) is 1. The number of benzene rings is 2. The van der Waals surface area contributed by atoms with Crippen molar-refractivity contribution in [3.8, 4) is 5.75 Å². The Morgan fingerprint density at radius 3 is 2.65 bits per heavy atom. The number of amides is 1. The molecule has 6 atom stereocenters. The first-order valence-electron chi connectivity index (χ1n) is 16.0. The molecule has 4 aliphatic rings. The highest BCUT2D eigenvalue weighted by Crippen LogP contribution is 2.48. The number of anilines is 1. The van der Waals surface area contributed by atoms with E-state index in [1.807, 2.05) is 12.1 Å². The minimum absolute atomic E-state index is 0.0326. The summed E-state index contributed by atoms with van der Waals surface area (Å²) in [5, 5.41) is 11.8. The Morgan fingerprint density at radius 1 is 1.15 bits per heavy atom. The largest absolute Gasteiger partial charge is 0.490 e. The summed E-state index contributed by atoms with van der Waals surface area (Å²) in [4.78, 5) is 15.6. The fourth-order valence-electron chi connectivity index (χ4n) is 7.95. The zero-order chi connectivity index (χ0) is 33.1. The van der Waals surface area contributed by atoms with E-state index in [1.54, 1.807) is 44.2 Å². The number of nitrogens with one attached hydrogen (secondary N) is 1. The molecule has 1 amide bonds. The Labute approximate surface area is 277 Å². The highest BCUT2D eigenvalue weighted by molar-refractivity contribution is 7.91. The third-order valence-corrected chi connectivity index (χ3v) is 13.9. The normalized spacial score (nSPS) is 33.4. The van der Waals surface area contributed by atoms with Crippen LogP contribution in [0.4, 0.5) is 5.69 Å². The number of rotatable bonds is 2. The molecule has 0 radical (unpaired) electrons. The smallest absolute Gasteiger partial charge is 0.264 e. The van der Waals surface area contributed by atoms with Gasteiger partial charge in [0.1, 0.15) is 5.75 Å². The van der Waals surface area contributed by atoms with Gasteiger partial charge >= 0.3 is 0 Å². The van der Waals surface area contributed by atoms with Gasteiger partial charge in [-0.25, -0.2) is 21.6 Å².